The molecule has 0 bridgehead atoms. The van der Waals surface area contributed by atoms with Crippen molar-refractivity contribution >= 4 is 5.97 Å². The monoisotopic (exact) mass is 208 g/mol. The maximum absolute atomic E-state index is 11.1. The number of carbonyl (C=O) groups is 1. The number of ether oxygens (including phenoxy) is 2. The van der Waals surface area contributed by atoms with E-state index in [-0.39, 0.29) is 12.8 Å². The predicted octanol–water partition coefficient (Wildman–Crippen LogP) is 2.76. The van der Waals surface area contributed by atoms with Gasteiger partial charge in [-0.15, -0.1) is 0 Å². The molecule has 0 radical (unpaired) electrons. The number of para-hydroxylation sites is 1. The first-order valence-corrected chi connectivity index (χ1v) is 5.16. The van der Waals surface area contributed by atoms with E-state index in [0.717, 1.165) is 12.8 Å². The minimum absolute atomic E-state index is 0.00738. The maximum Gasteiger partial charge on any atom is 0.308 e. The first kappa shape index (κ1) is 11.6. The zero-order valence-electron chi connectivity index (χ0n) is 8.94. The standard InChI is InChI=1S/C12H16O3/c1-2-3-9-12(13)15-10-14-11-7-5-4-6-8-11/h4-8H,2-3,9-10H2,1H3. The fourth-order valence-corrected chi connectivity index (χ4v) is 1.07. The second-order valence-electron chi connectivity index (χ2n) is 3.20. The Labute approximate surface area is 90.0 Å². The van der Waals surface area contributed by atoms with Crippen LogP contribution in [0, 0.1) is 0 Å². The molecule has 0 heterocycles. The minimum atomic E-state index is -0.201. The average molecular weight is 208 g/mol. The zero-order valence-corrected chi connectivity index (χ0v) is 8.94. The van der Waals surface area contributed by atoms with E-state index in [4.69, 9.17) is 9.47 Å². The Balaban J connectivity index is 2.14. The molecular formula is C12H16O3. The van der Waals surface area contributed by atoms with Crippen LogP contribution in [-0.4, -0.2) is 12.8 Å². The predicted molar refractivity (Wildman–Crippen MR) is 57.6 cm³/mol. The highest BCUT2D eigenvalue weighted by atomic mass is 16.7. The number of carbonyl (C=O) groups excluding carboxylic acids is 1. The van der Waals surface area contributed by atoms with Crippen LogP contribution in [0.15, 0.2) is 30.3 Å². The zero-order chi connectivity index (χ0) is 10.9. The summed E-state index contributed by atoms with van der Waals surface area (Å²) in [5, 5.41) is 0. The summed E-state index contributed by atoms with van der Waals surface area (Å²) in [7, 11) is 0. The van der Waals surface area contributed by atoms with Gasteiger partial charge in [0.05, 0.1) is 0 Å². The van der Waals surface area contributed by atoms with Gasteiger partial charge in [0, 0.05) is 6.42 Å². The Morgan fingerprint density at radius 2 is 2.00 bits per heavy atom. The molecule has 0 spiro atoms. The van der Waals surface area contributed by atoms with Crippen LogP contribution >= 0.6 is 0 Å². The van der Waals surface area contributed by atoms with Gasteiger partial charge in [0.1, 0.15) is 5.75 Å². The molecule has 3 nitrogen and oxygen atoms in total. The molecule has 0 saturated carbocycles. The van der Waals surface area contributed by atoms with Crippen LogP contribution in [-0.2, 0) is 9.53 Å². The molecule has 82 valence electrons. The Morgan fingerprint density at radius 3 is 2.67 bits per heavy atom. The van der Waals surface area contributed by atoms with E-state index in [1.165, 1.54) is 0 Å². The number of esters is 1. The van der Waals surface area contributed by atoms with Crippen molar-refractivity contribution in [3.63, 3.8) is 0 Å². The Bertz CT molecular complexity index is 282. The van der Waals surface area contributed by atoms with Gasteiger partial charge in [-0.05, 0) is 18.6 Å². The molecule has 0 atom stereocenters. The van der Waals surface area contributed by atoms with Gasteiger partial charge < -0.3 is 9.47 Å². The van der Waals surface area contributed by atoms with Crippen LogP contribution in [0.3, 0.4) is 0 Å². The van der Waals surface area contributed by atoms with Crippen molar-refractivity contribution in [2.75, 3.05) is 6.79 Å². The van der Waals surface area contributed by atoms with Crippen molar-refractivity contribution < 1.29 is 14.3 Å². The lowest BCUT2D eigenvalue weighted by molar-refractivity contribution is -0.150. The Kier molecular flexibility index (Phi) is 5.30. The van der Waals surface area contributed by atoms with E-state index >= 15 is 0 Å². The molecule has 1 aromatic rings. The van der Waals surface area contributed by atoms with E-state index < -0.39 is 0 Å². The van der Waals surface area contributed by atoms with E-state index in [9.17, 15) is 4.79 Å². The molecule has 0 unspecified atom stereocenters. The van der Waals surface area contributed by atoms with Crippen LogP contribution in [0.4, 0.5) is 0 Å². The second kappa shape index (κ2) is 6.87. The third kappa shape index (κ3) is 5.05. The molecule has 0 fully saturated rings. The fraction of sp³-hybridized carbons (Fsp3) is 0.417. The molecule has 0 aliphatic rings. The number of unbranched alkanes of at least 4 members (excludes halogenated alkanes) is 1. The Morgan fingerprint density at radius 1 is 1.27 bits per heavy atom. The van der Waals surface area contributed by atoms with E-state index in [0.29, 0.717) is 12.2 Å². The van der Waals surface area contributed by atoms with E-state index in [1.807, 2.05) is 37.3 Å². The second-order valence-corrected chi connectivity index (χ2v) is 3.20. The first-order valence-electron chi connectivity index (χ1n) is 5.16. The summed E-state index contributed by atoms with van der Waals surface area (Å²) in [5.74, 6) is 0.508. The van der Waals surface area contributed by atoms with Gasteiger partial charge in [-0.2, -0.15) is 0 Å². The van der Waals surface area contributed by atoms with Crippen molar-refractivity contribution in [2.24, 2.45) is 0 Å². The molecule has 0 amide bonds. The summed E-state index contributed by atoms with van der Waals surface area (Å²) in [5.41, 5.74) is 0. The van der Waals surface area contributed by atoms with Gasteiger partial charge in [0.15, 0.2) is 0 Å². The topological polar surface area (TPSA) is 35.5 Å². The lowest BCUT2D eigenvalue weighted by Gasteiger charge is -2.06. The van der Waals surface area contributed by atoms with Gasteiger partial charge in [0.25, 0.3) is 0 Å². The molecule has 3 heteroatoms. The van der Waals surface area contributed by atoms with Crippen molar-refractivity contribution in [2.45, 2.75) is 26.2 Å². The summed E-state index contributed by atoms with van der Waals surface area (Å²) in [6.07, 6.45) is 2.33. The fourth-order valence-electron chi connectivity index (χ4n) is 1.07. The number of rotatable bonds is 6. The molecule has 0 aliphatic heterocycles. The molecule has 0 N–H and O–H groups in total. The van der Waals surface area contributed by atoms with Crippen molar-refractivity contribution in [3.05, 3.63) is 30.3 Å². The molecule has 0 saturated heterocycles. The van der Waals surface area contributed by atoms with Crippen molar-refractivity contribution in [1.29, 1.82) is 0 Å². The third-order valence-corrected chi connectivity index (χ3v) is 1.92. The van der Waals surface area contributed by atoms with Crippen molar-refractivity contribution in [3.8, 4) is 5.75 Å². The summed E-state index contributed by atoms with van der Waals surface area (Å²) < 4.78 is 10.1. The van der Waals surface area contributed by atoms with Gasteiger partial charge in [-0.3, -0.25) is 4.79 Å². The average Bonchev–Trinajstić information content (AvgIpc) is 2.28. The number of hydrogen-bond acceptors (Lipinski definition) is 3. The molecule has 1 aromatic carbocycles. The summed E-state index contributed by atoms with van der Waals surface area (Å²) in [4.78, 5) is 11.1. The van der Waals surface area contributed by atoms with E-state index in [2.05, 4.69) is 0 Å². The molecular weight excluding hydrogens is 192 g/mol. The summed E-state index contributed by atoms with van der Waals surface area (Å²) in [6, 6.07) is 9.28. The molecule has 0 aromatic heterocycles. The number of hydrogen-bond donors (Lipinski definition) is 0. The summed E-state index contributed by atoms with van der Waals surface area (Å²) in [6.45, 7) is 2.03. The molecule has 1 rings (SSSR count). The van der Waals surface area contributed by atoms with Gasteiger partial charge in [-0.25, -0.2) is 0 Å². The van der Waals surface area contributed by atoms with Crippen molar-refractivity contribution in [1.82, 2.24) is 0 Å². The van der Waals surface area contributed by atoms with Gasteiger partial charge >= 0.3 is 5.97 Å². The Hall–Kier alpha value is -1.51. The maximum atomic E-state index is 11.1. The lowest BCUT2D eigenvalue weighted by Crippen LogP contribution is -2.09. The molecule has 15 heavy (non-hydrogen) atoms. The third-order valence-electron chi connectivity index (χ3n) is 1.92. The minimum Gasteiger partial charge on any atom is -0.457 e. The molecule has 0 aliphatic carbocycles. The highest BCUT2D eigenvalue weighted by molar-refractivity contribution is 5.69. The quantitative estimate of drug-likeness (QED) is 0.532. The highest BCUT2D eigenvalue weighted by Gasteiger charge is 2.01. The SMILES string of the molecule is CCCCC(=O)OCOc1ccccc1. The largest absolute Gasteiger partial charge is 0.457 e. The lowest BCUT2D eigenvalue weighted by atomic mass is 10.3. The smallest absolute Gasteiger partial charge is 0.308 e. The van der Waals surface area contributed by atoms with Crippen LogP contribution in [0.2, 0.25) is 0 Å². The normalized spacial score (nSPS) is 9.67. The highest BCUT2D eigenvalue weighted by Crippen LogP contribution is 2.08. The first-order chi connectivity index (χ1) is 7.33. The number of benzene rings is 1. The van der Waals surface area contributed by atoms with Crippen LogP contribution in [0.5, 0.6) is 5.75 Å². The van der Waals surface area contributed by atoms with E-state index in [1.54, 1.807) is 0 Å². The van der Waals surface area contributed by atoms with Gasteiger partial charge in [-0.1, -0.05) is 31.5 Å². The van der Waals surface area contributed by atoms with Crippen LogP contribution in [0.1, 0.15) is 26.2 Å². The van der Waals surface area contributed by atoms with Gasteiger partial charge in [0.2, 0.25) is 6.79 Å². The van der Waals surface area contributed by atoms with Crippen LogP contribution in [0.25, 0.3) is 0 Å². The summed E-state index contributed by atoms with van der Waals surface area (Å²) >= 11 is 0. The van der Waals surface area contributed by atoms with Crippen LogP contribution < -0.4 is 4.74 Å².